The molecule has 8 heteroatoms. The molecule has 21 heavy (non-hydrogen) atoms. The van der Waals surface area contributed by atoms with Crippen LogP contribution in [0.1, 0.15) is 29.6 Å². The molecule has 1 spiro atoms. The standard InChI is InChI=1S/C13H14F5NOS/c14-21(15,16,17,18)11-4-1-3-10(7-11)12(20)19-8-13(9-19)5-2-6-13/h1,3-4,7H,2,5-6,8-9H2. The molecule has 118 valence electrons. The molecule has 1 heterocycles. The maximum atomic E-state index is 12.7. The molecule has 1 aliphatic heterocycles. The maximum Gasteiger partial charge on any atom is 0.310 e. The summed E-state index contributed by atoms with van der Waals surface area (Å²) < 4.78 is 63.7. The Labute approximate surface area is 118 Å². The van der Waals surface area contributed by atoms with E-state index in [4.69, 9.17) is 0 Å². The smallest absolute Gasteiger partial charge is 0.310 e. The van der Waals surface area contributed by atoms with Crippen LogP contribution in [-0.4, -0.2) is 23.9 Å². The van der Waals surface area contributed by atoms with Gasteiger partial charge in [0.1, 0.15) is 4.90 Å². The number of amides is 1. The summed E-state index contributed by atoms with van der Waals surface area (Å²) in [6.07, 6.45) is 3.13. The second kappa shape index (κ2) is 3.53. The van der Waals surface area contributed by atoms with Gasteiger partial charge in [-0.1, -0.05) is 31.9 Å². The second-order valence-electron chi connectivity index (χ2n) is 6.01. The first-order chi connectivity index (χ1) is 9.38. The first-order valence-corrected chi connectivity index (χ1v) is 8.47. The van der Waals surface area contributed by atoms with Crippen molar-refractivity contribution in [2.75, 3.05) is 13.1 Å². The topological polar surface area (TPSA) is 20.3 Å². The number of rotatable bonds is 2. The quantitative estimate of drug-likeness (QED) is 0.702. The Morgan fingerprint density at radius 2 is 1.71 bits per heavy atom. The van der Waals surface area contributed by atoms with E-state index in [1.807, 2.05) is 0 Å². The van der Waals surface area contributed by atoms with Crippen LogP contribution < -0.4 is 0 Å². The van der Waals surface area contributed by atoms with Gasteiger partial charge in [-0.3, -0.25) is 4.79 Å². The first kappa shape index (κ1) is 14.6. The van der Waals surface area contributed by atoms with Gasteiger partial charge >= 0.3 is 10.2 Å². The molecule has 1 saturated heterocycles. The van der Waals surface area contributed by atoms with Gasteiger partial charge in [-0.2, -0.15) is 0 Å². The molecule has 2 nitrogen and oxygen atoms in total. The van der Waals surface area contributed by atoms with E-state index in [0.717, 1.165) is 31.4 Å². The molecular formula is C13H14F5NOS. The van der Waals surface area contributed by atoms with Gasteiger partial charge in [-0.15, -0.1) is 0 Å². The van der Waals surface area contributed by atoms with E-state index in [9.17, 15) is 24.2 Å². The Hall–Kier alpha value is -1.31. The minimum Gasteiger partial charge on any atom is -0.337 e. The molecule has 0 aromatic heterocycles. The highest BCUT2D eigenvalue weighted by Crippen LogP contribution is 3.02. The van der Waals surface area contributed by atoms with Crippen LogP contribution in [-0.2, 0) is 0 Å². The van der Waals surface area contributed by atoms with Crippen LogP contribution >= 0.6 is 10.2 Å². The summed E-state index contributed by atoms with van der Waals surface area (Å²) in [4.78, 5) is 11.5. The third-order valence-electron chi connectivity index (χ3n) is 4.28. The van der Waals surface area contributed by atoms with Crippen molar-refractivity contribution in [3.05, 3.63) is 29.8 Å². The average molecular weight is 327 g/mol. The summed E-state index contributed by atoms with van der Waals surface area (Å²) in [5, 5.41) is 0. The SMILES string of the molecule is O=C(c1cccc(S(F)(F)(F)(F)F)c1)N1CC2(CCC2)C1. The molecule has 0 N–H and O–H groups in total. The van der Waals surface area contributed by atoms with E-state index >= 15 is 0 Å². The Balaban J connectivity index is 1.83. The molecule has 0 atom stereocenters. The Kier molecular flexibility index (Phi) is 2.46. The highest BCUT2D eigenvalue weighted by atomic mass is 32.5. The van der Waals surface area contributed by atoms with Crippen molar-refractivity contribution in [1.29, 1.82) is 0 Å². The van der Waals surface area contributed by atoms with Gasteiger partial charge in [0.25, 0.3) is 5.91 Å². The number of hydrogen-bond acceptors (Lipinski definition) is 1. The predicted molar refractivity (Wildman–Crippen MR) is 70.0 cm³/mol. The molecular weight excluding hydrogens is 313 g/mol. The molecule has 2 fully saturated rings. The van der Waals surface area contributed by atoms with Crippen molar-refractivity contribution in [3.63, 3.8) is 0 Å². The van der Waals surface area contributed by atoms with Crippen molar-refractivity contribution < 1.29 is 24.2 Å². The van der Waals surface area contributed by atoms with Crippen molar-refractivity contribution in [2.24, 2.45) is 5.41 Å². The third kappa shape index (κ3) is 2.61. The van der Waals surface area contributed by atoms with Crippen LogP contribution in [0.15, 0.2) is 29.2 Å². The number of likely N-dealkylation sites (tertiary alicyclic amines) is 1. The summed E-state index contributed by atoms with van der Waals surface area (Å²) in [5.74, 6) is -0.615. The van der Waals surface area contributed by atoms with E-state index in [1.54, 1.807) is 0 Å². The molecule has 0 bridgehead atoms. The fourth-order valence-corrected chi connectivity index (χ4v) is 3.64. The number of carbonyl (C=O) groups is 1. The summed E-state index contributed by atoms with van der Waals surface area (Å²) in [5.41, 5.74) is -0.206. The monoisotopic (exact) mass is 327 g/mol. The molecule has 1 amide bonds. The van der Waals surface area contributed by atoms with Crippen LogP contribution in [0.5, 0.6) is 0 Å². The molecule has 3 rings (SSSR count). The van der Waals surface area contributed by atoms with Crippen LogP contribution in [0, 0.1) is 5.41 Å². The minimum absolute atomic E-state index is 0.132. The van der Waals surface area contributed by atoms with Gasteiger partial charge < -0.3 is 4.90 Å². The molecule has 2 aliphatic rings. The normalized spacial score (nSPS) is 23.8. The Bertz CT molecular complexity index is 615. The molecule has 1 aromatic carbocycles. The maximum absolute atomic E-state index is 12.7. The fourth-order valence-electron chi connectivity index (χ4n) is 2.95. The van der Waals surface area contributed by atoms with E-state index in [1.165, 1.54) is 4.90 Å². The van der Waals surface area contributed by atoms with Gasteiger partial charge in [0.05, 0.1) is 0 Å². The van der Waals surface area contributed by atoms with Crippen molar-refractivity contribution in [3.8, 4) is 0 Å². The average Bonchev–Trinajstić information content (AvgIpc) is 2.22. The number of nitrogens with zero attached hydrogens (tertiary/aromatic N) is 1. The highest BCUT2D eigenvalue weighted by Gasteiger charge is 2.65. The number of hydrogen-bond donors (Lipinski definition) is 0. The van der Waals surface area contributed by atoms with Crippen LogP contribution in [0.3, 0.4) is 0 Å². The largest absolute Gasteiger partial charge is 0.337 e. The second-order valence-corrected chi connectivity index (χ2v) is 8.42. The number of halogens is 5. The lowest BCUT2D eigenvalue weighted by Crippen LogP contribution is -2.61. The zero-order valence-electron chi connectivity index (χ0n) is 11.0. The first-order valence-electron chi connectivity index (χ1n) is 6.52. The van der Waals surface area contributed by atoms with E-state index in [0.29, 0.717) is 19.2 Å². The lowest BCUT2D eigenvalue weighted by atomic mass is 9.63. The Morgan fingerprint density at radius 3 is 2.19 bits per heavy atom. The van der Waals surface area contributed by atoms with E-state index in [2.05, 4.69) is 0 Å². The number of benzene rings is 1. The van der Waals surface area contributed by atoms with Crippen molar-refractivity contribution >= 4 is 16.1 Å². The van der Waals surface area contributed by atoms with Crippen molar-refractivity contribution in [2.45, 2.75) is 24.2 Å². The lowest BCUT2D eigenvalue weighted by Gasteiger charge is -2.56. The third-order valence-corrected chi connectivity index (χ3v) is 5.43. The lowest BCUT2D eigenvalue weighted by molar-refractivity contribution is -0.0426. The Morgan fingerprint density at radius 1 is 1.10 bits per heavy atom. The zero-order valence-corrected chi connectivity index (χ0v) is 11.8. The molecule has 0 unspecified atom stereocenters. The van der Waals surface area contributed by atoms with Gasteiger partial charge in [0, 0.05) is 24.1 Å². The summed E-state index contributed by atoms with van der Waals surface area (Å²) in [7, 11) is -9.74. The molecule has 0 radical (unpaired) electrons. The molecule has 1 saturated carbocycles. The van der Waals surface area contributed by atoms with Gasteiger partial charge in [-0.05, 0) is 31.0 Å². The predicted octanol–water partition coefficient (Wildman–Crippen LogP) is 4.97. The summed E-state index contributed by atoms with van der Waals surface area (Å²) >= 11 is 0. The zero-order chi connectivity index (χ0) is 15.6. The van der Waals surface area contributed by atoms with Crippen LogP contribution in [0.2, 0.25) is 0 Å². The summed E-state index contributed by atoms with van der Waals surface area (Å²) in [6, 6.07) is 2.55. The molecule has 1 aromatic rings. The van der Waals surface area contributed by atoms with Gasteiger partial charge in [0.15, 0.2) is 0 Å². The molecule has 1 aliphatic carbocycles. The van der Waals surface area contributed by atoms with Crippen LogP contribution in [0.25, 0.3) is 0 Å². The minimum atomic E-state index is -9.74. The number of carbonyl (C=O) groups excluding carboxylic acids is 1. The van der Waals surface area contributed by atoms with Gasteiger partial charge in [0.2, 0.25) is 0 Å². The summed E-state index contributed by atoms with van der Waals surface area (Å²) in [6.45, 7) is 1.01. The van der Waals surface area contributed by atoms with Crippen LogP contribution in [0.4, 0.5) is 19.4 Å². The van der Waals surface area contributed by atoms with E-state index in [-0.39, 0.29) is 17.0 Å². The highest BCUT2D eigenvalue weighted by molar-refractivity contribution is 8.45. The van der Waals surface area contributed by atoms with E-state index < -0.39 is 21.0 Å². The fraction of sp³-hybridized carbons (Fsp3) is 0.462. The van der Waals surface area contributed by atoms with Gasteiger partial charge in [-0.25, -0.2) is 0 Å². The van der Waals surface area contributed by atoms with Crippen molar-refractivity contribution in [1.82, 2.24) is 4.90 Å².